The minimum atomic E-state index is 0. The van der Waals surface area contributed by atoms with Crippen molar-refractivity contribution in [3.8, 4) is 0 Å². The highest BCUT2D eigenvalue weighted by Gasteiger charge is 2.38. The molecule has 0 aromatic carbocycles. The first-order valence-electron chi connectivity index (χ1n) is 9.71. The molecule has 25 heavy (non-hydrogen) atoms. The van der Waals surface area contributed by atoms with Gasteiger partial charge in [-0.3, -0.25) is 9.89 Å². The van der Waals surface area contributed by atoms with Crippen molar-refractivity contribution in [1.82, 2.24) is 15.5 Å². The molecule has 1 aliphatic carbocycles. The number of thioether (sulfide) groups is 2. The Labute approximate surface area is 179 Å². The Morgan fingerprint density at radius 2 is 1.84 bits per heavy atom. The molecule has 2 heterocycles. The molecule has 7 heteroatoms. The molecule has 0 bridgehead atoms. The van der Waals surface area contributed by atoms with Crippen LogP contribution in [0.1, 0.15) is 44.9 Å². The quantitative estimate of drug-likeness (QED) is 0.346. The van der Waals surface area contributed by atoms with Crippen molar-refractivity contribution in [2.75, 3.05) is 50.5 Å². The highest BCUT2D eigenvalue weighted by molar-refractivity contribution is 14.0. The summed E-state index contributed by atoms with van der Waals surface area (Å²) in [5.74, 6) is 4.93. The van der Waals surface area contributed by atoms with Gasteiger partial charge in [0.2, 0.25) is 0 Å². The Balaban J connectivity index is 0.00000225. The number of rotatable bonds is 5. The van der Waals surface area contributed by atoms with Crippen LogP contribution in [0.15, 0.2) is 4.99 Å². The fourth-order valence-electron chi connectivity index (χ4n) is 4.34. The fourth-order valence-corrected chi connectivity index (χ4v) is 6.44. The number of guanidine groups is 1. The van der Waals surface area contributed by atoms with Crippen LogP contribution < -0.4 is 10.6 Å². The smallest absolute Gasteiger partial charge is 0.191 e. The summed E-state index contributed by atoms with van der Waals surface area (Å²) in [6.45, 7) is 4.63. The number of halogens is 1. The number of nitrogens with zero attached hydrogens (tertiary/aromatic N) is 2. The van der Waals surface area contributed by atoms with E-state index in [4.69, 9.17) is 0 Å². The molecule has 3 rings (SSSR count). The van der Waals surface area contributed by atoms with Gasteiger partial charge in [-0.1, -0.05) is 19.3 Å². The molecule has 1 saturated carbocycles. The monoisotopic (exact) mass is 498 g/mol. The van der Waals surface area contributed by atoms with Crippen LogP contribution in [0.5, 0.6) is 0 Å². The van der Waals surface area contributed by atoms with Crippen molar-refractivity contribution < 1.29 is 0 Å². The Morgan fingerprint density at radius 1 is 1.08 bits per heavy atom. The molecule has 0 radical (unpaired) electrons. The maximum absolute atomic E-state index is 4.47. The molecule has 1 unspecified atom stereocenters. The first kappa shape index (κ1) is 22.0. The minimum Gasteiger partial charge on any atom is -0.355 e. The van der Waals surface area contributed by atoms with Crippen LogP contribution in [0.2, 0.25) is 0 Å². The molecule has 2 saturated heterocycles. The first-order chi connectivity index (χ1) is 11.8. The van der Waals surface area contributed by atoms with Crippen LogP contribution in [-0.4, -0.2) is 72.1 Å². The van der Waals surface area contributed by atoms with Gasteiger partial charge in [-0.2, -0.15) is 23.5 Å². The van der Waals surface area contributed by atoms with E-state index >= 15 is 0 Å². The summed E-state index contributed by atoms with van der Waals surface area (Å²) >= 11 is 4.22. The molecule has 146 valence electrons. The van der Waals surface area contributed by atoms with Crippen LogP contribution in [0.4, 0.5) is 0 Å². The van der Waals surface area contributed by atoms with Crippen molar-refractivity contribution in [2.24, 2.45) is 4.99 Å². The SMILES string of the molecule is CN=C(NCC1CCCS1)NCC1(N2CCSCC2)CCCCC1.I. The van der Waals surface area contributed by atoms with E-state index in [2.05, 4.69) is 44.0 Å². The average Bonchev–Trinajstić information content (AvgIpc) is 3.17. The summed E-state index contributed by atoms with van der Waals surface area (Å²) in [7, 11) is 1.90. The molecule has 0 amide bonds. The van der Waals surface area contributed by atoms with Crippen LogP contribution >= 0.6 is 47.5 Å². The maximum atomic E-state index is 4.47. The Hall–Kier alpha value is 0.660. The summed E-state index contributed by atoms with van der Waals surface area (Å²) in [6, 6.07) is 0. The largest absolute Gasteiger partial charge is 0.355 e. The average molecular weight is 499 g/mol. The Kier molecular flexibility index (Phi) is 10.1. The lowest BCUT2D eigenvalue weighted by Gasteiger charge is -2.48. The standard InChI is InChI=1S/C18H34N4S2.HI/c1-19-17(20-14-16-6-5-11-24-16)21-15-18(7-3-2-4-8-18)22-9-12-23-13-10-22;/h16H,2-15H2,1H3,(H2,19,20,21);1H. The van der Waals surface area contributed by atoms with Gasteiger partial charge in [0, 0.05) is 55.5 Å². The molecular weight excluding hydrogens is 463 g/mol. The third-order valence-electron chi connectivity index (χ3n) is 5.80. The van der Waals surface area contributed by atoms with Gasteiger partial charge in [0.1, 0.15) is 0 Å². The van der Waals surface area contributed by atoms with Gasteiger partial charge in [-0.05, 0) is 31.4 Å². The fraction of sp³-hybridized carbons (Fsp3) is 0.944. The van der Waals surface area contributed by atoms with E-state index in [0.29, 0.717) is 5.54 Å². The van der Waals surface area contributed by atoms with Crippen molar-refractivity contribution in [2.45, 2.75) is 55.7 Å². The molecule has 2 aliphatic heterocycles. The summed E-state index contributed by atoms with van der Waals surface area (Å²) < 4.78 is 0. The lowest BCUT2D eigenvalue weighted by Crippen LogP contribution is -2.60. The molecule has 4 nitrogen and oxygen atoms in total. The summed E-state index contributed by atoms with van der Waals surface area (Å²) in [5, 5.41) is 8.02. The van der Waals surface area contributed by atoms with Crippen molar-refractivity contribution >= 4 is 53.5 Å². The second kappa shape index (κ2) is 11.5. The molecule has 3 fully saturated rings. The molecular formula is C18H35IN4S2. The zero-order valence-corrected chi connectivity index (χ0v) is 19.6. The predicted molar refractivity (Wildman–Crippen MR) is 125 cm³/mol. The lowest BCUT2D eigenvalue weighted by molar-refractivity contribution is 0.0626. The van der Waals surface area contributed by atoms with Crippen LogP contribution in [0.25, 0.3) is 0 Å². The second-order valence-corrected chi connectivity index (χ2v) is 9.96. The third-order valence-corrected chi connectivity index (χ3v) is 8.14. The molecule has 0 spiro atoms. The van der Waals surface area contributed by atoms with E-state index in [1.807, 2.05) is 7.05 Å². The lowest BCUT2D eigenvalue weighted by atomic mass is 9.80. The van der Waals surface area contributed by atoms with Crippen molar-refractivity contribution in [3.05, 3.63) is 0 Å². The molecule has 3 aliphatic rings. The van der Waals surface area contributed by atoms with Gasteiger partial charge in [0.25, 0.3) is 0 Å². The number of nitrogens with one attached hydrogen (secondary N) is 2. The third kappa shape index (κ3) is 6.35. The zero-order chi connectivity index (χ0) is 16.7. The topological polar surface area (TPSA) is 39.7 Å². The van der Waals surface area contributed by atoms with Gasteiger partial charge < -0.3 is 10.6 Å². The molecule has 1 atom stereocenters. The maximum Gasteiger partial charge on any atom is 0.191 e. The van der Waals surface area contributed by atoms with Gasteiger partial charge in [-0.15, -0.1) is 24.0 Å². The predicted octanol–water partition coefficient (Wildman–Crippen LogP) is 3.42. The second-order valence-electron chi connectivity index (χ2n) is 7.33. The van der Waals surface area contributed by atoms with Crippen LogP contribution in [0.3, 0.4) is 0 Å². The summed E-state index contributed by atoms with van der Waals surface area (Å²) in [5.41, 5.74) is 0.360. The Bertz CT molecular complexity index is 404. The van der Waals surface area contributed by atoms with Gasteiger partial charge in [-0.25, -0.2) is 0 Å². The molecule has 2 N–H and O–H groups in total. The molecule has 0 aromatic rings. The minimum absolute atomic E-state index is 0. The van der Waals surface area contributed by atoms with Crippen LogP contribution in [-0.2, 0) is 0 Å². The van der Waals surface area contributed by atoms with E-state index < -0.39 is 0 Å². The van der Waals surface area contributed by atoms with Crippen molar-refractivity contribution in [3.63, 3.8) is 0 Å². The number of hydrogen-bond acceptors (Lipinski definition) is 4. The van der Waals surface area contributed by atoms with Gasteiger partial charge in [0.15, 0.2) is 5.96 Å². The van der Waals surface area contributed by atoms with E-state index in [9.17, 15) is 0 Å². The van der Waals surface area contributed by atoms with Crippen molar-refractivity contribution in [1.29, 1.82) is 0 Å². The number of aliphatic imine (C=N–C) groups is 1. The highest BCUT2D eigenvalue weighted by atomic mass is 127. The van der Waals surface area contributed by atoms with E-state index in [0.717, 1.165) is 24.3 Å². The summed E-state index contributed by atoms with van der Waals surface area (Å²) in [6.07, 6.45) is 9.60. The van der Waals surface area contributed by atoms with E-state index in [-0.39, 0.29) is 24.0 Å². The Morgan fingerprint density at radius 3 is 2.48 bits per heavy atom. The van der Waals surface area contributed by atoms with Gasteiger partial charge >= 0.3 is 0 Å². The van der Waals surface area contributed by atoms with E-state index in [1.54, 1.807) is 0 Å². The summed E-state index contributed by atoms with van der Waals surface area (Å²) in [4.78, 5) is 7.26. The van der Waals surface area contributed by atoms with Crippen LogP contribution in [0, 0.1) is 0 Å². The number of hydrogen-bond donors (Lipinski definition) is 2. The van der Waals surface area contributed by atoms with Gasteiger partial charge in [0.05, 0.1) is 0 Å². The highest BCUT2D eigenvalue weighted by Crippen LogP contribution is 2.34. The first-order valence-corrected chi connectivity index (χ1v) is 11.9. The molecule has 0 aromatic heterocycles. The normalized spacial score (nSPS) is 27.6. The van der Waals surface area contributed by atoms with E-state index in [1.165, 1.54) is 75.3 Å². The zero-order valence-electron chi connectivity index (χ0n) is 15.6.